The van der Waals surface area contributed by atoms with Crippen LogP contribution in [-0.4, -0.2) is 22.8 Å². The molecule has 1 aromatic carbocycles. The fourth-order valence-corrected chi connectivity index (χ4v) is 2.20. The van der Waals surface area contributed by atoms with Crippen molar-refractivity contribution in [2.45, 2.75) is 13.0 Å². The van der Waals surface area contributed by atoms with Gasteiger partial charge in [-0.2, -0.15) is 0 Å². The van der Waals surface area contributed by atoms with E-state index < -0.39 is 0 Å². The normalized spacial score (nSPS) is 10.3. The second-order valence-electron chi connectivity index (χ2n) is 4.09. The van der Waals surface area contributed by atoms with Crippen LogP contribution in [0.5, 0.6) is 0 Å². The van der Waals surface area contributed by atoms with Gasteiger partial charge >= 0.3 is 0 Å². The second-order valence-corrected chi connectivity index (χ2v) is 4.98. The van der Waals surface area contributed by atoms with Gasteiger partial charge in [-0.3, -0.25) is 4.79 Å². The summed E-state index contributed by atoms with van der Waals surface area (Å²) in [5, 5.41) is 2.33. The number of likely N-dealkylation sites (N-methyl/N-ethyl adjacent to an activating group) is 1. The Morgan fingerprint density at radius 1 is 1.39 bits per heavy atom. The number of carbonyl (C=O) groups is 1. The van der Waals surface area contributed by atoms with Crippen molar-refractivity contribution < 1.29 is 4.79 Å². The molecule has 0 radical (unpaired) electrons. The van der Waals surface area contributed by atoms with Crippen LogP contribution in [0.2, 0.25) is 0 Å². The summed E-state index contributed by atoms with van der Waals surface area (Å²) in [6.07, 6.45) is 0.303. The summed E-state index contributed by atoms with van der Waals surface area (Å²) in [7, 11) is 1.80. The number of amides is 1. The monoisotopic (exact) mass is 261 g/mol. The van der Waals surface area contributed by atoms with Gasteiger partial charge in [0.05, 0.1) is 12.1 Å². The smallest absolute Gasteiger partial charge is 0.228 e. The first-order valence-corrected chi connectivity index (χ1v) is 6.51. The first kappa shape index (κ1) is 12.6. The van der Waals surface area contributed by atoms with E-state index >= 15 is 0 Å². The Bertz CT molecular complexity index is 524. The molecular weight excluding hydrogens is 246 g/mol. The van der Waals surface area contributed by atoms with Gasteiger partial charge in [-0.05, 0) is 5.56 Å². The van der Waals surface area contributed by atoms with Crippen LogP contribution in [0.25, 0.3) is 0 Å². The molecule has 0 atom stereocenters. The molecule has 0 aliphatic heterocycles. The van der Waals surface area contributed by atoms with Gasteiger partial charge in [0.1, 0.15) is 0 Å². The van der Waals surface area contributed by atoms with Crippen molar-refractivity contribution in [3.05, 3.63) is 47.0 Å². The van der Waals surface area contributed by atoms with Gasteiger partial charge in [-0.1, -0.05) is 30.3 Å². The lowest BCUT2D eigenvalue weighted by molar-refractivity contribution is -0.129. The van der Waals surface area contributed by atoms with Gasteiger partial charge < -0.3 is 10.6 Å². The Labute approximate surface area is 110 Å². The van der Waals surface area contributed by atoms with Crippen molar-refractivity contribution in [3.63, 3.8) is 0 Å². The largest absolute Gasteiger partial charge is 0.375 e. The summed E-state index contributed by atoms with van der Waals surface area (Å²) < 4.78 is 0. The Hall–Kier alpha value is -1.88. The zero-order chi connectivity index (χ0) is 13.0. The SMILES string of the molecule is CN(Cc1ccccc1)C(=O)Cc1csc(N)n1. The number of benzene rings is 1. The zero-order valence-corrected chi connectivity index (χ0v) is 11.0. The van der Waals surface area contributed by atoms with Crippen molar-refractivity contribution in [1.29, 1.82) is 0 Å². The standard InChI is InChI=1S/C13H15N3OS/c1-16(8-10-5-3-2-4-6-10)12(17)7-11-9-18-13(14)15-11/h2-6,9H,7-8H2,1H3,(H2,14,15). The van der Waals surface area contributed by atoms with E-state index in [1.165, 1.54) is 11.3 Å². The van der Waals surface area contributed by atoms with Crippen LogP contribution in [0.3, 0.4) is 0 Å². The number of hydrogen-bond donors (Lipinski definition) is 1. The summed E-state index contributed by atoms with van der Waals surface area (Å²) in [6, 6.07) is 9.90. The molecule has 0 spiro atoms. The Balaban J connectivity index is 1.93. The summed E-state index contributed by atoms with van der Waals surface area (Å²) in [4.78, 5) is 17.8. The maximum atomic E-state index is 12.0. The highest BCUT2D eigenvalue weighted by atomic mass is 32.1. The lowest BCUT2D eigenvalue weighted by atomic mass is 10.2. The molecular formula is C13H15N3OS. The number of anilines is 1. The molecule has 0 saturated heterocycles. The first-order valence-electron chi connectivity index (χ1n) is 5.63. The second kappa shape index (κ2) is 5.64. The highest BCUT2D eigenvalue weighted by Crippen LogP contribution is 2.12. The molecule has 2 rings (SSSR count). The number of carbonyl (C=O) groups excluding carboxylic acids is 1. The minimum absolute atomic E-state index is 0.0455. The van der Waals surface area contributed by atoms with E-state index in [1.54, 1.807) is 11.9 Å². The van der Waals surface area contributed by atoms with Crippen LogP contribution in [-0.2, 0) is 17.8 Å². The van der Waals surface area contributed by atoms with E-state index in [-0.39, 0.29) is 5.91 Å². The van der Waals surface area contributed by atoms with Gasteiger partial charge in [0.25, 0.3) is 0 Å². The van der Waals surface area contributed by atoms with Crippen LogP contribution in [0.4, 0.5) is 5.13 Å². The third-order valence-corrected chi connectivity index (χ3v) is 3.31. The van der Waals surface area contributed by atoms with Crippen LogP contribution >= 0.6 is 11.3 Å². The Morgan fingerprint density at radius 3 is 2.72 bits per heavy atom. The molecule has 1 aromatic heterocycles. The maximum absolute atomic E-state index is 12.0. The average molecular weight is 261 g/mol. The predicted octanol–water partition coefficient (Wildman–Crippen LogP) is 1.93. The average Bonchev–Trinajstić information content (AvgIpc) is 2.76. The molecule has 1 amide bonds. The van der Waals surface area contributed by atoms with Gasteiger partial charge in [-0.15, -0.1) is 11.3 Å². The van der Waals surface area contributed by atoms with E-state index in [1.807, 2.05) is 35.7 Å². The van der Waals surface area contributed by atoms with Crippen molar-refractivity contribution >= 4 is 22.4 Å². The predicted molar refractivity (Wildman–Crippen MR) is 73.1 cm³/mol. The highest BCUT2D eigenvalue weighted by molar-refractivity contribution is 7.13. The van der Waals surface area contributed by atoms with E-state index in [2.05, 4.69) is 4.98 Å². The number of hydrogen-bond acceptors (Lipinski definition) is 4. The van der Waals surface area contributed by atoms with Crippen LogP contribution in [0, 0.1) is 0 Å². The van der Waals surface area contributed by atoms with Crippen LogP contribution < -0.4 is 5.73 Å². The fraction of sp³-hybridized carbons (Fsp3) is 0.231. The lowest BCUT2D eigenvalue weighted by Gasteiger charge is -2.16. The highest BCUT2D eigenvalue weighted by Gasteiger charge is 2.11. The third kappa shape index (κ3) is 3.30. The van der Waals surface area contributed by atoms with Gasteiger partial charge in [0, 0.05) is 19.0 Å². The maximum Gasteiger partial charge on any atom is 0.228 e. The number of nitrogens with zero attached hydrogens (tertiary/aromatic N) is 2. The number of nitrogens with two attached hydrogens (primary N) is 1. The van der Waals surface area contributed by atoms with Crippen molar-refractivity contribution in [1.82, 2.24) is 9.88 Å². The van der Waals surface area contributed by atoms with Crippen molar-refractivity contribution in [3.8, 4) is 0 Å². The summed E-state index contributed by atoms with van der Waals surface area (Å²) in [6.45, 7) is 0.610. The number of aromatic nitrogens is 1. The third-order valence-electron chi connectivity index (χ3n) is 2.59. The molecule has 0 saturated carbocycles. The molecule has 94 valence electrons. The van der Waals surface area contributed by atoms with E-state index in [0.29, 0.717) is 18.1 Å². The summed E-state index contributed by atoms with van der Waals surface area (Å²) in [5.74, 6) is 0.0455. The first-order chi connectivity index (χ1) is 8.65. The number of nitrogen functional groups attached to an aromatic ring is 1. The summed E-state index contributed by atoms with van der Waals surface area (Å²) in [5.41, 5.74) is 7.39. The summed E-state index contributed by atoms with van der Waals surface area (Å²) >= 11 is 1.36. The molecule has 0 aliphatic rings. The van der Waals surface area contributed by atoms with Gasteiger partial charge in [0.15, 0.2) is 5.13 Å². The molecule has 2 aromatic rings. The fourth-order valence-electron chi connectivity index (χ4n) is 1.64. The minimum Gasteiger partial charge on any atom is -0.375 e. The molecule has 0 bridgehead atoms. The van der Waals surface area contributed by atoms with Crippen LogP contribution in [0.15, 0.2) is 35.7 Å². The topological polar surface area (TPSA) is 59.2 Å². The molecule has 0 aliphatic carbocycles. The Kier molecular flexibility index (Phi) is 3.94. The van der Waals surface area contributed by atoms with E-state index in [9.17, 15) is 4.79 Å². The van der Waals surface area contributed by atoms with Crippen molar-refractivity contribution in [2.24, 2.45) is 0 Å². The van der Waals surface area contributed by atoms with E-state index in [0.717, 1.165) is 11.3 Å². The molecule has 18 heavy (non-hydrogen) atoms. The van der Waals surface area contributed by atoms with Crippen molar-refractivity contribution in [2.75, 3.05) is 12.8 Å². The minimum atomic E-state index is 0.0455. The molecule has 4 nitrogen and oxygen atoms in total. The number of rotatable bonds is 4. The van der Waals surface area contributed by atoms with Crippen LogP contribution in [0.1, 0.15) is 11.3 Å². The van der Waals surface area contributed by atoms with Gasteiger partial charge in [-0.25, -0.2) is 4.98 Å². The Morgan fingerprint density at radius 2 is 2.11 bits per heavy atom. The molecule has 0 fully saturated rings. The van der Waals surface area contributed by atoms with Gasteiger partial charge in [0.2, 0.25) is 5.91 Å². The molecule has 0 unspecified atom stereocenters. The lowest BCUT2D eigenvalue weighted by Crippen LogP contribution is -2.27. The molecule has 1 heterocycles. The molecule has 2 N–H and O–H groups in total. The zero-order valence-electron chi connectivity index (χ0n) is 10.2. The number of thiazole rings is 1. The van der Waals surface area contributed by atoms with E-state index in [4.69, 9.17) is 5.73 Å². The molecule has 5 heteroatoms. The quantitative estimate of drug-likeness (QED) is 0.914.